The number of benzene rings is 1. The average Bonchev–Trinajstić information content (AvgIpc) is 2.11. The first-order valence-corrected chi connectivity index (χ1v) is 5.65. The summed E-state index contributed by atoms with van der Waals surface area (Å²) in [4.78, 5) is 11.5. The number of aryl methyl sites for hydroxylation is 1. The quantitative estimate of drug-likeness (QED) is 0.835. The highest BCUT2D eigenvalue weighted by molar-refractivity contribution is 14.1. The van der Waals surface area contributed by atoms with E-state index in [2.05, 4.69) is 27.9 Å². The van der Waals surface area contributed by atoms with Crippen LogP contribution in [0, 0.1) is 16.4 Å². The van der Waals surface area contributed by atoms with Gasteiger partial charge in [0.15, 0.2) is 0 Å². The number of carbonyl (C=O) groups is 1. The SMILES string of the molecule is Cc1ccc(I)cc1NC(=O)C(C)C. The van der Waals surface area contributed by atoms with E-state index in [1.165, 1.54) is 0 Å². The van der Waals surface area contributed by atoms with E-state index in [9.17, 15) is 4.79 Å². The van der Waals surface area contributed by atoms with Crippen LogP contribution in [0.4, 0.5) is 5.69 Å². The van der Waals surface area contributed by atoms with Crippen LogP contribution in [0.1, 0.15) is 19.4 Å². The molecule has 14 heavy (non-hydrogen) atoms. The van der Waals surface area contributed by atoms with Crippen molar-refractivity contribution in [1.29, 1.82) is 0 Å². The molecule has 0 aliphatic carbocycles. The Bertz CT molecular complexity index is 347. The lowest BCUT2D eigenvalue weighted by Crippen LogP contribution is -2.18. The Morgan fingerprint density at radius 3 is 2.64 bits per heavy atom. The van der Waals surface area contributed by atoms with E-state index in [1.807, 2.05) is 39.0 Å². The molecule has 0 radical (unpaired) electrons. The normalized spacial score (nSPS) is 10.4. The molecule has 0 saturated carbocycles. The summed E-state index contributed by atoms with van der Waals surface area (Å²) in [6, 6.07) is 6.02. The van der Waals surface area contributed by atoms with Crippen LogP contribution in [0.2, 0.25) is 0 Å². The lowest BCUT2D eigenvalue weighted by molar-refractivity contribution is -0.118. The monoisotopic (exact) mass is 303 g/mol. The minimum atomic E-state index is 0.0206. The van der Waals surface area contributed by atoms with Gasteiger partial charge in [0, 0.05) is 15.2 Å². The minimum Gasteiger partial charge on any atom is -0.326 e. The summed E-state index contributed by atoms with van der Waals surface area (Å²) in [5.74, 6) is 0.0855. The Hall–Kier alpha value is -0.580. The smallest absolute Gasteiger partial charge is 0.226 e. The van der Waals surface area contributed by atoms with Crippen LogP contribution in [-0.2, 0) is 4.79 Å². The third-order valence-electron chi connectivity index (χ3n) is 1.98. The van der Waals surface area contributed by atoms with Gasteiger partial charge in [-0.25, -0.2) is 0 Å². The van der Waals surface area contributed by atoms with Gasteiger partial charge < -0.3 is 5.32 Å². The molecule has 0 heterocycles. The third-order valence-corrected chi connectivity index (χ3v) is 2.65. The summed E-state index contributed by atoms with van der Waals surface area (Å²) in [5, 5.41) is 2.91. The first-order valence-electron chi connectivity index (χ1n) is 4.57. The van der Waals surface area contributed by atoms with E-state index < -0.39 is 0 Å². The van der Waals surface area contributed by atoms with E-state index in [1.54, 1.807) is 0 Å². The second kappa shape index (κ2) is 4.77. The van der Waals surface area contributed by atoms with Crippen molar-refractivity contribution in [2.75, 3.05) is 5.32 Å². The van der Waals surface area contributed by atoms with Crippen LogP contribution < -0.4 is 5.32 Å². The molecule has 0 saturated heterocycles. The summed E-state index contributed by atoms with van der Waals surface area (Å²) in [6.45, 7) is 5.77. The lowest BCUT2D eigenvalue weighted by Gasteiger charge is -2.10. The zero-order valence-electron chi connectivity index (χ0n) is 8.60. The van der Waals surface area contributed by atoms with Gasteiger partial charge in [0.25, 0.3) is 0 Å². The van der Waals surface area contributed by atoms with Crippen LogP contribution in [0.25, 0.3) is 0 Å². The summed E-state index contributed by atoms with van der Waals surface area (Å²) in [7, 11) is 0. The van der Waals surface area contributed by atoms with Crippen LogP contribution >= 0.6 is 22.6 Å². The summed E-state index contributed by atoms with van der Waals surface area (Å²) >= 11 is 2.23. The molecule has 1 rings (SSSR count). The molecule has 0 atom stereocenters. The minimum absolute atomic E-state index is 0.0206. The van der Waals surface area contributed by atoms with Crippen molar-refractivity contribution in [3.05, 3.63) is 27.3 Å². The number of amides is 1. The first-order chi connectivity index (χ1) is 6.50. The number of nitrogens with one attached hydrogen (secondary N) is 1. The van der Waals surface area contributed by atoms with Gasteiger partial charge in [-0.2, -0.15) is 0 Å². The second-order valence-electron chi connectivity index (χ2n) is 3.60. The molecule has 1 amide bonds. The van der Waals surface area contributed by atoms with E-state index in [0.29, 0.717) is 0 Å². The molecule has 1 aromatic carbocycles. The molecular formula is C11H14INO. The van der Waals surface area contributed by atoms with Gasteiger partial charge in [-0.15, -0.1) is 0 Å². The number of rotatable bonds is 2. The maximum atomic E-state index is 11.5. The van der Waals surface area contributed by atoms with Crippen molar-refractivity contribution in [2.24, 2.45) is 5.92 Å². The van der Waals surface area contributed by atoms with Gasteiger partial charge in [0.05, 0.1) is 0 Å². The van der Waals surface area contributed by atoms with Gasteiger partial charge in [-0.05, 0) is 47.2 Å². The van der Waals surface area contributed by atoms with Crippen molar-refractivity contribution in [3.8, 4) is 0 Å². The maximum Gasteiger partial charge on any atom is 0.226 e. The van der Waals surface area contributed by atoms with Crippen LogP contribution in [-0.4, -0.2) is 5.91 Å². The van der Waals surface area contributed by atoms with E-state index in [4.69, 9.17) is 0 Å². The standard InChI is InChI=1S/C11H14INO/c1-7(2)11(14)13-10-6-9(12)5-4-8(10)3/h4-7H,1-3H3,(H,13,14). The fourth-order valence-corrected chi connectivity index (χ4v) is 1.50. The Kier molecular flexibility index (Phi) is 3.92. The predicted octanol–water partition coefficient (Wildman–Crippen LogP) is 3.19. The van der Waals surface area contributed by atoms with E-state index in [0.717, 1.165) is 14.8 Å². The molecule has 0 spiro atoms. The molecule has 0 aliphatic heterocycles. The highest BCUT2D eigenvalue weighted by atomic mass is 127. The highest BCUT2D eigenvalue weighted by Crippen LogP contribution is 2.18. The summed E-state index contributed by atoms with van der Waals surface area (Å²) in [5.41, 5.74) is 2.01. The molecule has 0 aliphatic rings. The molecule has 0 aromatic heterocycles. The number of anilines is 1. The molecular weight excluding hydrogens is 289 g/mol. The molecule has 0 unspecified atom stereocenters. The Morgan fingerprint density at radius 2 is 2.07 bits per heavy atom. The summed E-state index contributed by atoms with van der Waals surface area (Å²) < 4.78 is 1.13. The van der Waals surface area contributed by atoms with Crippen molar-refractivity contribution >= 4 is 34.2 Å². The number of halogens is 1. The first kappa shape index (κ1) is 11.5. The maximum absolute atomic E-state index is 11.5. The summed E-state index contributed by atoms with van der Waals surface area (Å²) in [6.07, 6.45) is 0. The topological polar surface area (TPSA) is 29.1 Å². The molecule has 2 nitrogen and oxygen atoms in total. The number of hydrogen-bond acceptors (Lipinski definition) is 1. The lowest BCUT2D eigenvalue weighted by atomic mass is 10.1. The second-order valence-corrected chi connectivity index (χ2v) is 4.85. The van der Waals surface area contributed by atoms with E-state index >= 15 is 0 Å². The molecule has 0 bridgehead atoms. The van der Waals surface area contributed by atoms with Crippen molar-refractivity contribution in [2.45, 2.75) is 20.8 Å². The third kappa shape index (κ3) is 2.97. The zero-order chi connectivity index (χ0) is 10.7. The van der Waals surface area contributed by atoms with Crippen molar-refractivity contribution in [3.63, 3.8) is 0 Å². The van der Waals surface area contributed by atoms with Crippen LogP contribution in [0.5, 0.6) is 0 Å². The van der Waals surface area contributed by atoms with Crippen LogP contribution in [0.3, 0.4) is 0 Å². The molecule has 0 fully saturated rings. The average molecular weight is 303 g/mol. The molecule has 3 heteroatoms. The van der Waals surface area contributed by atoms with Gasteiger partial charge in [-0.3, -0.25) is 4.79 Å². The molecule has 76 valence electrons. The Balaban J connectivity index is 2.86. The fourth-order valence-electron chi connectivity index (χ4n) is 1.01. The van der Waals surface area contributed by atoms with Gasteiger partial charge in [0.2, 0.25) is 5.91 Å². The Labute approximate surface area is 98.2 Å². The largest absolute Gasteiger partial charge is 0.326 e. The number of hydrogen-bond donors (Lipinski definition) is 1. The molecule has 1 aromatic rings. The van der Waals surface area contributed by atoms with Crippen LogP contribution in [0.15, 0.2) is 18.2 Å². The fraction of sp³-hybridized carbons (Fsp3) is 0.364. The van der Waals surface area contributed by atoms with Gasteiger partial charge in [0.1, 0.15) is 0 Å². The highest BCUT2D eigenvalue weighted by Gasteiger charge is 2.08. The predicted molar refractivity (Wildman–Crippen MR) is 67.4 cm³/mol. The van der Waals surface area contributed by atoms with Gasteiger partial charge in [-0.1, -0.05) is 19.9 Å². The van der Waals surface area contributed by atoms with Crippen molar-refractivity contribution in [1.82, 2.24) is 0 Å². The number of carbonyl (C=O) groups excluding carboxylic acids is 1. The van der Waals surface area contributed by atoms with E-state index in [-0.39, 0.29) is 11.8 Å². The van der Waals surface area contributed by atoms with Gasteiger partial charge >= 0.3 is 0 Å². The zero-order valence-corrected chi connectivity index (χ0v) is 10.8. The molecule has 1 N–H and O–H groups in total. The van der Waals surface area contributed by atoms with Crippen molar-refractivity contribution < 1.29 is 4.79 Å². The Morgan fingerprint density at radius 1 is 1.43 bits per heavy atom.